The second-order valence-corrected chi connectivity index (χ2v) is 3.84. The van der Waals surface area contributed by atoms with Crippen molar-refractivity contribution in [2.45, 2.75) is 0 Å². The lowest BCUT2D eigenvalue weighted by atomic mass is 10.1. The Morgan fingerprint density at radius 2 is 1.74 bits per heavy atom. The molecule has 0 aliphatic heterocycles. The van der Waals surface area contributed by atoms with Crippen LogP contribution in [0.15, 0.2) is 42.5 Å². The van der Waals surface area contributed by atoms with Gasteiger partial charge in [0.15, 0.2) is 17.2 Å². The van der Waals surface area contributed by atoms with Crippen molar-refractivity contribution >= 4 is 11.6 Å². The first-order valence-corrected chi connectivity index (χ1v) is 5.62. The highest BCUT2D eigenvalue weighted by atomic mass is 16.5. The summed E-state index contributed by atoms with van der Waals surface area (Å²) in [5.74, 6) is 0.642. The van der Waals surface area contributed by atoms with E-state index in [1.54, 1.807) is 36.4 Å². The van der Waals surface area contributed by atoms with Gasteiger partial charge < -0.3 is 20.9 Å². The number of nitrogens with two attached hydrogens (primary N) is 2. The lowest BCUT2D eigenvalue weighted by Gasteiger charge is -2.13. The van der Waals surface area contributed by atoms with Crippen molar-refractivity contribution < 1.29 is 14.3 Å². The average Bonchev–Trinajstić information content (AvgIpc) is 2.41. The SMILES string of the molecule is COc1ccccc1Oc1c(N)cccc1C(N)=O. The predicted octanol–water partition coefficient (Wildman–Crippen LogP) is 2.17. The molecule has 0 heterocycles. The third-order valence-electron chi connectivity index (χ3n) is 2.59. The van der Waals surface area contributed by atoms with Crippen LogP contribution in [0.1, 0.15) is 10.4 Å². The smallest absolute Gasteiger partial charge is 0.252 e. The molecule has 0 unspecified atom stereocenters. The molecule has 4 N–H and O–H groups in total. The summed E-state index contributed by atoms with van der Waals surface area (Å²) in [6.07, 6.45) is 0. The van der Waals surface area contributed by atoms with Gasteiger partial charge in [-0.1, -0.05) is 18.2 Å². The zero-order valence-corrected chi connectivity index (χ0v) is 10.4. The van der Waals surface area contributed by atoms with Crippen molar-refractivity contribution in [3.63, 3.8) is 0 Å². The molecular formula is C14H14N2O3. The molecule has 0 aliphatic rings. The molecule has 0 fully saturated rings. The Labute approximate surface area is 110 Å². The second-order valence-electron chi connectivity index (χ2n) is 3.84. The maximum atomic E-state index is 11.4. The highest BCUT2D eigenvalue weighted by Gasteiger charge is 2.15. The van der Waals surface area contributed by atoms with Crippen LogP contribution >= 0.6 is 0 Å². The molecule has 98 valence electrons. The first-order valence-electron chi connectivity index (χ1n) is 5.62. The molecule has 2 rings (SSSR count). The normalized spacial score (nSPS) is 9.95. The first kappa shape index (κ1) is 12.8. The van der Waals surface area contributed by atoms with Crippen LogP contribution in [0.3, 0.4) is 0 Å². The van der Waals surface area contributed by atoms with E-state index >= 15 is 0 Å². The molecule has 0 spiro atoms. The number of para-hydroxylation sites is 3. The van der Waals surface area contributed by atoms with Crippen molar-refractivity contribution in [3.8, 4) is 17.2 Å². The first-order chi connectivity index (χ1) is 9.13. The molecule has 0 saturated heterocycles. The topological polar surface area (TPSA) is 87.6 Å². The summed E-state index contributed by atoms with van der Waals surface area (Å²) in [7, 11) is 1.53. The van der Waals surface area contributed by atoms with Crippen LogP contribution in [0.2, 0.25) is 0 Å². The molecular weight excluding hydrogens is 244 g/mol. The fourth-order valence-electron chi connectivity index (χ4n) is 1.68. The van der Waals surface area contributed by atoms with Crippen LogP contribution in [0.4, 0.5) is 5.69 Å². The number of hydrogen-bond acceptors (Lipinski definition) is 4. The summed E-state index contributed by atoms with van der Waals surface area (Å²) in [6.45, 7) is 0. The minimum Gasteiger partial charge on any atom is -0.493 e. The van der Waals surface area contributed by atoms with Gasteiger partial charge in [-0.15, -0.1) is 0 Å². The third kappa shape index (κ3) is 2.60. The zero-order chi connectivity index (χ0) is 13.8. The Morgan fingerprint density at radius 3 is 2.37 bits per heavy atom. The van der Waals surface area contributed by atoms with Gasteiger partial charge in [0.1, 0.15) is 0 Å². The van der Waals surface area contributed by atoms with Crippen molar-refractivity contribution in [2.24, 2.45) is 5.73 Å². The molecule has 1 amide bonds. The molecule has 0 saturated carbocycles. The van der Waals surface area contributed by atoms with Gasteiger partial charge in [0, 0.05) is 0 Å². The maximum Gasteiger partial charge on any atom is 0.252 e. The van der Waals surface area contributed by atoms with Gasteiger partial charge in [-0.3, -0.25) is 4.79 Å². The largest absolute Gasteiger partial charge is 0.493 e. The van der Waals surface area contributed by atoms with Crippen LogP contribution in [-0.4, -0.2) is 13.0 Å². The molecule has 5 nitrogen and oxygen atoms in total. The second kappa shape index (κ2) is 5.30. The van der Waals surface area contributed by atoms with E-state index < -0.39 is 5.91 Å². The lowest BCUT2D eigenvalue weighted by molar-refractivity contribution is 0.0998. The average molecular weight is 258 g/mol. The molecule has 0 aliphatic carbocycles. The Balaban J connectivity index is 2.46. The predicted molar refractivity (Wildman–Crippen MR) is 72.4 cm³/mol. The number of amides is 1. The Morgan fingerprint density at radius 1 is 1.05 bits per heavy atom. The number of primary amides is 1. The van der Waals surface area contributed by atoms with E-state index in [1.165, 1.54) is 7.11 Å². The standard InChI is InChI=1S/C14H14N2O3/c1-18-11-7-2-3-8-12(11)19-13-9(14(16)17)5-4-6-10(13)15/h2-8H,15H2,1H3,(H2,16,17). The molecule has 0 aromatic heterocycles. The highest BCUT2D eigenvalue weighted by Crippen LogP contribution is 2.35. The van der Waals surface area contributed by atoms with E-state index in [-0.39, 0.29) is 11.3 Å². The highest BCUT2D eigenvalue weighted by molar-refractivity contribution is 5.97. The van der Waals surface area contributed by atoms with Crippen molar-refractivity contribution in [3.05, 3.63) is 48.0 Å². The van der Waals surface area contributed by atoms with E-state index in [2.05, 4.69) is 0 Å². The Bertz CT molecular complexity index is 611. The molecule has 5 heteroatoms. The molecule has 2 aromatic rings. The van der Waals surface area contributed by atoms with Gasteiger partial charge in [-0.2, -0.15) is 0 Å². The number of nitrogen functional groups attached to an aromatic ring is 1. The third-order valence-corrected chi connectivity index (χ3v) is 2.59. The maximum absolute atomic E-state index is 11.4. The van der Waals surface area contributed by atoms with Gasteiger partial charge in [-0.05, 0) is 24.3 Å². The summed E-state index contributed by atoms with van der Waals surface area (Å²) < 4.78 is 10.8. The monoisotopic (exact) mass is 258 g/mol. The molecule has 2 aromatic carbocycles. The van der Waals surface area contributed by atoms with E-state index in [0.717, 1.165) is 0 Å². The van der Waals surface area contributed by atoms with Crippen molar-refractivity contribution in [2.75, 3.05) is 12.8 Å². The summed E-state index contributed by atoms with van der Waals surface area (Å²) in [6, 6.07) is 11.9. The number of benzene rings is 2. The van der Waals surface area contributed by atoms with Gasteiger partial charge in [0.2, 0.25) is 0 Å². The van der Waals surface area contributed by atoms with Crippen LogP contribution in [0, 0.1) is 0 Å². The van der Waals surface area contributed by atoms with Gasteiger partial charge >= 0.3 is 0 Å². The van der Waals surface area contributed by atoms with E-state index in [9.17, 15) is 4.79 Å². The molecule has 0 radical (unpaired) electrons. The number of hydrogen-bond donors (Lipinski definition) is 2. The Hall–Kier alpha value is -2.69. The zero-order valence-electron chi connectivity index (χ0n) is 10.4. The van der Waals surface area contributed by atoms with Gasteiger partial charge in [0.05, 0.1) is 18.4 Å². The number of methoxy groups -OCH3 is 1. The quantitative estimate of drug-likeness (QED) is 0.823. The summed E-state index contributed by atoms with van der Waals surface area (Å²) in [4.78, 5) is 11.4. The van der Waals surface area contributed by atoms with Gasteiger partial charge in [0.25, 0.3) is 5.91 Å². The fraction of sp³-hybridized carbons (Fsp3) is 0.0714. The van der Waals surface area contributed by atoms with Crippen molar-refractivity contribution in [1.29, 1.82) is 0 Å². The number of anilines is 1. The van der Waals surface area contributed by atoms with Crippen LogP contribution in [0.25, 0.3) is 0 Å². The van der Waals surface area contributed by atoms with Crippen LogP contribution in [0.5, 0.6) is 17.2 Å². The fourth-order valence-corrected chi connectivity index (χ4v) is 1.68. The summed E-state index contributed by atoms with van der Waals surface area (Å²) in [5.41, 5.74) is 11.7. The van der Waals surface area contributed by atoms with Crippen LogP contribution in [-0.2, 0) is 0 Å². The number of ether oxygens (including phenoxy) is 2. The molecule has 0 bridgehead atoms. The summed E-state index contributed by atoms with van der Waals surface area (Å²) >= 11 is 0. The molecule has 19 heavy (non-hydrogen) atoms. The number of carbonyl (C=O) groups is 1. The van der Waals surface area contributed by atoms with E-state index in [4.69, 9.17) is 20.9 Å². The van der Waals surface area contributed by atoms with Crippen molar-refractivity contribution in [1.82, 2.24) is 0 Å². The lowest BCUT2D eigenvalue weighted by Crippen LogP contribution is -2.13. The Kier molecular flexibility index (Phi) is 3.56. The summed E-state index contributed by atoms with van der Waals surface area (Å²) in [5, 5.41) is 0. The minimum atomic E-state index is -0.600. The van der Waals surface area contributed by atoms with E-state index in [1.807, 2.05) is 6.07 Å². The molecule has 0 atom stereocenters. The van der Waals surface area contributed by atoms with E-state index in [0.29, 0.717) is 17.2 Å². The van der Waals surface area contributed by atoms with Crippen LogP contribution < -0.4 is 20.9 Å². The van der Waals surface area contributed by atoms with Gasteiger partial charge in [-0.25, -0.2) is 0 Å². The number of carbonyl (C=O) groups excluding carboxylic acids is 1. The number of rotatable bonds is 4. The minimum absolute atomic E-state index is 0.228.